The van der Waals surface area contributed by atoms with E-state index < -0.39 is 0 Å². The SMILES string of the molecule is N#Cc1c(-c2cn(-c3cccnc3)nn2)nn2cccc2c1-c1ccccn1. The Morgan fingerprint density at radius 1 is 0.964 bits per heavy atom. The Labute approximate surface area is 159 Å². The van der Waals surface area contributed by atoms with E-state index in [1.54, 1.807) is 34.0 Å². The summed E-state index contributed by atoms with van der Waals surface area (Å²) in [5, 5.41) is 23.0. The van der Waals surface area contributed by atoms with Crippen LogP contribution in [-0.2, 0) is 0 Å². The van der Waals surface area contributed by atoms with Crippen molar-refractivity contribution < 1.29 is 0 Å². The van der Waals surface area contributed by atoms with E-state index in [1.807, 2.05) is 48.7 Å². The lowest BCUT2D eigenvalue weighted by Gasteiger charge is -2.09. The van der Waals surface area contributed by atoms with Gasteiger partial charge < -0.3 is 0 Å². The monoisotopic (exact) mass is 364 g/mol. The molecule has 8 heteroatoms. The van der Waals surface area contributed by atoms with Crippen LogP contribution < -0.4 is 0 Å². The highest BCUT2D eigenvalue weighted by Crippen LogP contribution is 2.32. The molecular formula is C20H12N8. The van der Waals surface area contributed by atoms with Crippen molar-refractivity contribution in [1.29, 1.82) is 5.26 Å². The molecule has 0 aliphatic heterocycles. The van der Waals surface area contributed by atoms with Crippen LogP contribution in [0.2, 0.25) is 0 Å². The van der Waals surface area contributed by atoms with E-state index in [9.17, 15) is 5.26 Å². The van der Waals surface area contributed by atoms with Crippen LogP contribution >= 0.6 is 0 Å². The molecule has 0 amide bonds. The molecule has 0 saturated heterocycles. The minimum atomic E-state index is 0.406. The summed E-state index contributed by atoms with van der Waals surface area (Å²) in [5.74, 6) is 0. The third kappa shape index (κ3) is 2.50. The lowest BCUT2D eigenvalue weighted by Crippen LogP contribution is -2.02. The van der Waals surface area contributed by atoms with Gasteiger partial charge in [-0.1, -0.05) is 11.3 Å². The second-order valence-electron chi connectivity index (χ2n) is 6.02. The van der Waals surface area contributed by atoms with Gasteiger partial charge in [-0.3, -0.25) is 9.97 Å². The summed E-state index contributed by atoms with van der Waals surface area (Å²) in [7, 11) is 0. The van der Waals surface area contributed by atoms with E-state index in [4.69, 9.17) is 0 Å². The lowest BCUT2D eigenvalue weighted by atomic mass is 10.0. The Balaban J connectivity index is 1.75. The molecule has 28 heavy (non-hydrogen) atoms. The van der Waals surface area contributed by atoms with Gasteiger partial charge in [-0.05, 0) is 36.4 Å². The minimum absolute atomic E-state index is 0.406. The van der Waals surface area contributed by atoms with Crippen molar-refractivity contribution in [1.82, 2.24) is 34.6 Å². The lowest BCUT2D eigenvalue weighted by molar-refractivity contribution is 0.799. The quantitative estimate of drug-likeness (QED) is 0.488. The van der Waals surface area contributed by atoms with Gasteiger partial charge in [-0.25, -0.2) is 9.20 Å². The van der Waals surface area contributed by atoms with Crippen molar-refractivity contribution >= 4 is 5.52 Å². The predicted octanol–water partition coefficient (Wildman–Crippen LogP) is 2.91. The number of aromatic nitrogens is 7. The van der Waals surface area contributed by atoms with E-state index in [1.165, 1.54) is 0 Å². The average molecular weight is 364 g/mol. The van der Waals surface area contributed by atoms with E-state index in [2.05, 4.69) is 31.4 Å². The number of rotatable bonds is 3. The molecule has 0 aliphatic carbocycles. The van der Waals surface area contributed by atoms with Crippen molar-refractivity contribution in [3.63, 3.8) is 0 Å². The maximum atomic E-state index is 9.95. The van der Waals surface area contributed by atoms with Gasteiger partial charge >= 0.3 is 0 Å². The first-order valence-corrected chi connectivity index (χ1v) is 8.51. The molecule has 0 atom stereocenters. The van der Waals surface area contributed by atoms with Crippen LogP contribution in [0.1, 0.15) is 5.56 Å². The van der Waals surface area contributed by atoms with E-state index in [-0.39, 0.29) is 0 Å². The Morgan fingerprint density at radius 2 is 1.93 bits per heavy atom. The first kappa shape index (κ1) is 15.8. The van der Waals surface area contributed by atoms with Crippen LogP contribution in [-0.4, -0.2) is 34.6 Å². The van der Waals surface area contributed by atoms with Crippen LogP contribution in [0.25, 0.3) is 33.8 Å². The zero-order chi connectivity index (χ0) is 18.9. The first-order chi connectivity index (χ1) is 13.8. The molecule has 0 bridgehead atoms. The standard InChI is InChI=1S/C20H12N8/c21-11-15-19(16-6-1-2-9-23-16)18-7-4-10-27(18)25-20(15)17-13-28(26-24-17)14-5-3-8-22-12-14/h1-10,12-13H. The van der Waals surface area contributed by atoms with E-state index in [0.29, 0.717) is 28.2 Å². The Kier molecular flexibility index (Phi) is 3.63. The summed E-state index contributed by atoms with van der Waals surface area (Å²) >= 11 is 0. The van der Waals surface area contributed by atoms with Gasteiger partial charge in [-0.2, -0.15) is 10.4 Å². The van der Waals surface area contributed by atoms with Crippen molar-refractivity contribution in [2.75, 3.05) is 0 Å². The molecule has 0 fully saturated rings. The van der Waals surface area contributed by atoms with Gasteiger partial charge in [0.25, 0.3) is 0 Å². The molecule has 0 unspecified atom stereocenters. The number of pyridine rings is 2. The largest absolute Gasteiger partial charge is 0.262 e. The molecule has 0 N–H and O–H groups in total. The zero-order valence-electron chi connectivity index (χ0n) is 14.5. The van der Waals surface area contributed by atoms with Gasteiger partial charge in [-0.15, -0.1) is 5.10 Å². The smallest absolute Gasteiger partial charge is 0.135 e. The molecule has 5 aromatic heterocycles. The number of hydrogen-bond donors (Lipinski definition) is 0. The van der Waals surface area contributed by atoms with Gasteiger partial charge in [0.05, 0.1) is 34.9 Å². The van der Waals surface area contributed by atoms with Crippen LogP contribution in [0.15, 0.2) is 73.4 Å². The van der Waals surface area contributed by atoms with Crippen molar-refractivity contribution in [2.24, 2.45) is 0 Å². The summed E-state index contributed by atoms with van der Waals surface area (Å²) in [4.78, 5) is 8.53. The zero-order valence-corrected chi connectivity index (χ0v) is 14.5. The van der Waals surface area contributed by atoms with E-state index >= 15 is 0 Å². The summed E-state index contributed by atoms with van der Waals surface area (Å²) in [5.41, 5.74) is 4.34. The maximum Gasteiger partial charge on any atom is 0.135 e. The molecule has 8 nitrogen and oxygen atoms in total. The number of nitrogens with zero attached hydrogens (tertiary/aromatic N) is 8. The maximum absolute atomic E-state index is 9.95. The number of nitriles is 1. The third-order valence-electron chi connectivity index (χ3n) is 4.36. The summed E-state index contributed by atoms with van der Waals surface area (Å²) < 4.78 is 3.33. The molecular weight excluding hydrogens is 352 g/mol. The van der Waals surface area contributed by atoms with Crippen molar-refractivity contribution in [3.8, 4) is 34.4 Å². The Hall–Kier alpha value is -4.38. The van der Waals surface area contributed by atoms with Gasteiger partial charge in [0, 0.05) is 24.2 Å². The minimum Gasteiger partial charge on any atom is -0.262 e. The van der Waals surface area contributed by atoms with Gasteiger partial charge in [0.2, 0.25) is 0 Å². The highest BCUT2D eigenvalue weighted by atomic mass is 15.4. The molecule has 5 rings (SSSR count). The average Bonchev–Trinajstić information content (AvgIpc) is 3.43. The molecule has 0 spiro atoms. The fourth-order valence-electron chi connectivity index (χ4n) is 3.11. The molecule has 0 saturated carbocycles. The number of fused-ring (bicyclic) bond motifs is 1. The molecule has 0 radical (unpaired) electrons. The normalized spacial score (nSPS) is 10.8. The van der Waals surface area contributed by atoms with Crippen molar-refractivity contribution in [2.45, 2.75) is 0 Å². The highest BCUT2D eigenvalue weighted by Gasteiger charge is 2.21. The second kappa shape index (κ2) is 6.41. The van der Waals surface area contributed by atoms with Crippen LogP contribution in [0.4, 0.5) is 0 Å². The molecule has 5 aromatic rings. The van der Waals surface area contributed by atoms with Gasteiger partial charge in [0.15, 0.2) is 0 Å². The van der Waals surface area contributed by atoms with Gasteiger partial charge in [0.1, 0.15) is 17.5 Å². The number of hydrogen-bond acceptors (Lipinski definition) is 6. The molecule has 5 heterocycles. The second-order valence-corrected chi connectivity index (χ2v) is 6.02. The van der Waals surface area contributed by atoms with Crippen molar-refractivity contribution in [3.05, 3.63) is 79.0 Å². The fourth-order valence-corrected chi connectivity index (χ4v) is 3.11. The summed E-state index contributed by atoms with van der Waals surface area (Å²) in [6.45, 7) is 0. The fraction of sp³-hybridized carbons (Fsp3) is 0. The van der Waals surface area contributed by atoms with Crippen LogP contribution in [0.5, 0.6) is 0 Å². The van der Waals surface area contributed by atoms with Crippen LogP contribution in [0, 0.1) is 11.3 Å². The molecule has 132 valence electrons. The third-order valence-corrected chi connectivity index (χ3v) is 4.36. The summed E-state index contributed by atoms with van der Waals surface area (Å²) in [6.07, 6.45) is 8.64. The predicted molar refractivity (Wildman–Crippen MR) is 101 cm³/mol. The Bertz CT molecular complexity index is 1310. The molecule has 0 aromatic carbocycles. The topological polar surface area (TPSA) is 97.6 Å². The highest BCUT2D eigenvalue weighted by molar-refractivity contribution is 5.87. The molecule has 0 aliphatic rings. The first-order valence-electron chi connectivity index (χ1n) is 8.51. The van der Waals surface area contributed by atoms with E-state index in [0.717, 1.165) is 11.2 Å². The van der Waals surface area contributed by atoms with Crippen LogP contribution in [0.3, 0.4) is 0 Å². The summed E-state index contributed by atoms with van der Waals surface area (Å²) in [6, 6.07) is 15.4. The Morgan fingerprint density at radius 3 is 2.71 bits per heavy atom.